The average Bonchev–Trinajstić information content (AvgIpc) is 2.00. The quantitative estimate of drug-likeness (QED) is 0.668. The average molecular weight is 234 g/mol. The molecule has 0 fully saturated rings. The summed E-state index contributed by atoms with van der Waals surface area (Å²) in [5.41, 5.74) is 0. The largest absolute Gasteiger partial charge is 0.473 e. The van der Waals surface area contributed by atoms with Crippen LogP contribution in [0.15, 0.2) is 0 Å². The van der Waals surface area contributed by atoms with E-state index in [1.807, 2.05) is 0 Å². The van der Waals surface area contributed by atoms with Gasteiger partial charge in [0.15, 0.2) is 0 Å². The van der Waals surface area contributed by atoms with E-state index in [9.17, 15) is 13.0 Å². The number of phosphoric acid groups is 1. The molecule has 0 aromatic rings. The summed E-state index contributed by atoms with van der Waals surface area (Å²) in [6.07, 6.45) is 2.32. The Balaban J connectivity index is 0. The minimum atomic E-state index is -3.16. The number of hydrogen-bond donors (Lipinski definition) is 0. The fourth-order valence-corrected chi connectivity index (χ4v) is 0.671. The van der Waals surface area contributed by atoms with Gasteiger partial charge in [0, 0.05) is 33.8 Å². The van der Waals surface area contributed by atoms with E-state index < -0.39 is 17.7 Å². The fourth-order valence-electron chi connectivity index (χ4n) is 0.224. The second-order valence-electron chi connectivity index (χ2n) is 2.14. The van der Waals surface area contributed by atoms with E-state index in [0.29, 0.717) is 0 Å². The zero-order valence-electron chi connectivity index (χ0n) is 8.30. The monoisotopic (exact) mass is 234 g/mol. The molecule has 0 atom stereocenters. The number of phosphoric ester groups is 1. The maximum absolute atomic E-state index is 10.7. The Hall–Kier alpha value is 0.0600. The lowest BCUT2D eigenvalue weighted by atomic mass is 11.8. The third-order valence-electron chi connectivity index (χ3n) is 0.671. The molecule has 0 spiro atoms. The summed E-state index contributed by atoms with van der Waals surface area (Å²) < 4.78 is 43.0. The van der Waals surface area contributed by atoms with Gasteiger partial charge in [0.25, 0.3) is 0 Å². The van der Waals surface area contributed by atoms with E-state index in [1.54, 1.807) is 0 Å². The molecular formula is C5H15O6PS. The Kier molecular flexibility index (Phi) is 7.77. The van der Waals surface area contributed by atoms with Gasteiger partial charge in [-0.05, 0) is 0 Å². The van der Waals surface area contributed by atoms with Crippen LogP contribution in [0.3, 0.4) is 0 Å². The lowest BCUT2D eigenvalue weighted by Crippen LogP contribution is -1.88. The summed E-state index contributed by atoms with van der Waals surface area (Å²) in [5.74, 6) is 0. The molecule has 82 valence electrons. The summed E-state index contributed by atoms with van der Waals surface area (Å²) in [6.45, 7) is 0. The Morgan fingerprint density at radius 2 is 1.08 bits per heavy atom. The summed E-state index contributed by atoms with van der Waals surface area (Å²) >= 11 is 0. The van der Waals surface area contributed by atoms with Gasteiger partial charge in [-0.25, -0.2) is 13.0 Å². The molecule has 0 bridgehead atoms. The third-order valence-corrected chi connectivity index (χ3v) is 2.01. The molecule has 13 heavy (non-hydrogen) atoms. The van der Waals surface area contributed by atoms with Crippen molar-refractivity contribution in [3.8, 4) is 0 Å². The van der Waals surface area contributed by atoms with Gasteiger partial charge in [-0.2, -0.15) is 0 Å². The second-order valence-corrected chi connectivity index (χ2v) is 6.41. The van der Waals surface area contributed by atoms with Crippen LogP contribution in [0.5, 0.6) is 0 Å². The van der Waals surface area contributed by atoms with Crippen molar-refractivity contribution < 1.29 is 26.6 Å². The van der Waals surface area contributed by atoms with Crippen molar-refractivity contribution in [2.45, 2.75) is 0 Å². The molecule has 0 heterocycles. The van der Waals surface area contributed by atoms with Crippen molar-refractivity contribution in [3.05, 3.63) is 0 Å². The molecule has 0 amide bonds. The molecule has 0 aliphatic rings. The highest BCUT2D eigenvalue weighted by molar-refractivity contribution is 7.89. The number of hydrogen-bond acceptors (Lipinski definition) is 6. The first-order valence-electron chi connectivity index (χ1n) is 3.10. The van der Waals surface area contributed by atoms with Gasteiger partial charge in [-0.3, -0.25) is 13.6 Å². The zero-order valence-corrected chi connectivity index (χ0v) is 10.0. The maximum atomic E-state index is 10.7. The molecule has 0 rings (SSSR count). The number of rotatable bonds is 3. The predicted molar refractivity (Wildman–Crippen MR) is 49.4 cm³/mol. The van der Waals surface area contributed by atoms with Gasteiger partial charge in [0.05, 0.1) is 0 Å². The van der Waals surface area contributed by atoms with Gasteiger partial charge in [-0.15, -0.1) is 0 Å². The molecule has 0 radical (unpaired) electrons. The first-order chi connectivity index (χ1) is 5.68. The van der Waals surface area contributed by atoms with E-state index in [2.05, 4.69) is 13.6 Å². The van der Waals surface area contributed by atoms with Gasteiger partial charge in [0.2, 0.25) is 0 Å². The summed E-state index contributed by atoms with van der Waals surface area (Å²) in [4.78, 5) is 0. The van der Waals surface area contributed by atoms with Crippen LogP contribution < -0.4 is 0 Å². The standard InChI is InChI=1S/C3H9O4P.C2H6O2S/c1-5-8(4,6-2)7-3;1-5(2,3)4/h1-3H3;1-2H3. The highest BCUT2D eigenvalue weighted by Crippen LogP contribution is 2.46. The highest BCUT2D eigenvalue weighted by atomic mass is 32.2. The zero-order chi connectivity index (χ0) is 11.1. The molecule has 6 nitrogen and oxygen atoms in total. The SMILES string of the molecule is COP(=O)(OC)OC.CS(C)(=O)=O. The summed E-state index contributed by atoms with van der Waals surface area (Å²) in [7, 11) is -2.06. The highest BCUT2D eigenvalue weighted by Gasteiger charge is 2.18. The first-order valence-corrected chi connectivity index (χ1v) is 6.87. The van der Waals surface area contributed by atoms with Crippen molar-refractivity contribution in [1.29, 1.82) is 0 Å². The minimum Gasteiger partial charge on any atom is -0.290 e. The van der Waals surface area contributed by atoms with Crippen LogP contribution in [-0.4, -0.2) is 42.3 Å². The van der Waals surface area contributed by atoms with Crippen molar-refractivity contribution >= 4 is 17.7 Å². The van der Waals surface area contributed by atoms with Crippen LogP contribution >= 0.6 is 7.82 Å². The van der Waals surface area contributed by atoms with Crippen molar-refractivity contribution in [3.63, 3.8) is 0 Å². The molecule has 0 saturated heterocycles. The van der Waals surface area contributed by atoms with Crippen molar-refractivity contribution in [1.82, 2.24) is 0 Å². The summed E-state index contributed by atoms with van der Waals surface area (Å²) in [6, 6.07) is 0. The molecule has 0 unspecified atom stereocenters. The minimum absolute atomic E-state index is 1.16. The van der Waals surface area contributed by atoms with Crippen LogP contribution in [0, 0.1) is 0 Å². The molecule has 0 saturated carbocycles. The third kappa shape index (κ3) is 14.9. The van der Waals surface area contributed by atoms with Crippen LogP contribution in [-0.2, 0) is 28.0 Å². The van der Waals surface area contributed by atoms with Crippen LogP contribution in [0.4, 0.5) is 0 Å². The van der Waals surface area contributed by atoms with E-state index >= 15 is 0 Å². The van der Waals surface area contributed by atoms with Gasteiger partial charge < -0.3 is 0 Å². The van der Waals surface area contributed by atoms with Crippen molar-refractivity contribution in [2.75, 3.05) is 33.8 Å². The van der Waals surface area contributed by atoms with Gasteiger partial charge in [-0.1, -0.05) is 0 Å². The molecule has 0 N–H and O–H groups in total. The first kappa shape index (κ1) is 15.5. The van der Waals surface area contributed by atoms with Crippen LogP contribution in [0.2, 0.25) is 0 Å². The molecule has 0 aromatic heterocycles. The maximum Gasteiger partial charge on any atom is 0.473 e. The molecule has 0 aromatic carbocycles. The van der Waals surface area contributed by atoms with Crippen LogP contribution in [0.1, 0.15) is 0 Å². The molecule has 8 heteroatoms. The normalized spacial score (nSPS) is 11.8. The van der Waals surface area contributed by atoms with E-state index in [4.69, 9.17) is 0 Å². The summed E-state index contributed by atoms with van der Waals surface area (Å²) in [5, 5.41) is 0. The molecular weight excluding hydrogens is 219 g/mol. The molecule has 0 aliphatic heterocycles. The Morgan fingerprint density at radius 1 is 0.923 bits per heavy atom. The van der Waals surface area contributed by atoms with E-state index in [1.165, 1.54) is 21.3 Å². The Bertz CT molecular complexity index is 231. The predicted octanol–water partition coefficient (Wildman–Crippen LogP) is 0.694. The molecule has 0 aliphatic carbocycles. The topological polar surface area (TPSA) is 78.9 Å². The van der Waals surface area contributed by atoms with E-state index in [0.717, 1.165) is 12.5 Å². The van der Waals surface area contributed by atoms with Crippen LogP contribution in [0.25, 0.3) is 0 Å². The smallest absolute Gasteiger partial charge is 0.290 e. The Morgan fingerprint density at radius 3 is 1.08 bits per heavy atom. The number of sulfone groups is 1. The van der Waals surface area contributed by atoms with Gasteiger partial charge in [0.1, 0.15) is 9.84 Å². The lowest BCUT2D eigenvalue weighted by Gasteiger charge is -2.08. The lowest BCUT2D eigenvalue weighted by molar-refractivity contribution is 0.178. The van der Waals surface area contributed by atoms with Gasteiger partial charge >= 0.3 is 7.82 Å². The Labute approximate surface area is 78.7 Å². The van der Waals surface area contributed by atoms with Crippen molar-refractivity contribution in [2.24, 2.45) is 0 Å². The van der Waals surface area contributed by atoms with E-state index in [-0.39, 0.29) is 0 Å². The second kappa shape index (κ2) is 6.50. The fraction of sp³-hybridized carbons (Fsp3) is 1.00.